The molecule has 1 heterocycles. The van der Waals surface area contributed by atoms with Gasteiger partial charge in [0.1, 0.15) is 0 Å². The Balaban J connectivity index is 1.76. The van der Waals surface area contributed by atoms with Gasteiger partial charge in [-0.25, -0.2) is 0 Å². The van der Waals surface area contributed by atoms with E-state index in [0.717, 1.165) is 19.4 Å². The molecule has 0 spiro atoms. The van der Waals surface area contributed by atoms with Gasteiger partial charge in [-0.15, -0.1) is 0 Å². The third-order valence-electron chi connectivity index (χ3n) is 5.10. The highest BCUT2D eigenvalue weighted by atomic mass is 15.1. The quantitative estimate of drug-likeness (QED) is 0.572. The van der Waals surface area contributed by atoms with Crippen LogP contribution < -0.4 is 4.90 Å². The fourth-order valence-corrected chi connectivity index (χ4v) is 3.84. The summed E-state index contributed by atoms with van der Waals surface area (Å²) in [6.45, 7) is 0.971. The van der Waals surface area contributed by atoms with Gasteiger partial charge in [-0.05, 0) is 60.5 Å². The summed E-state index contributed by atoms with van der Waals surface area (Å²) < 4.78 is 0. The SMILES string of the molecule is CN(C)CC=CCc1ccc2c(c1N1C=CC=CC=C1)Cc1ccccc1-2. The van der Waals surface area contributed by atoms with Gasteiger partial charge in [0.25, 0.3) is 0 Å². The molecule has 0 atom stereocenters. The zero-order chi connectivity index (χ0) is 18.6. The van der Waals surface area contributed by atoms with Crippen molar-refractivity contribution in [3.8, 4) is 11.1 Å². The maximum absolute atomic E-state index is 2.31. The Morgan fingerprint density at radius 1 is 0.889 bits per heavy atom. The van der Waals surface area contributed by atoms with Gasteiger partial charge < -0.3 is 9.80 Å². The molecule has 0 saturated carbocycles. The van der Waals surface area contributed by atoms with Crippen LogP contribution in [0.5, 0.6) is 0 Å². The lowest BCUT2D eigenvalue weighted by molar-refractivity contribution is 0.456. The molecule has 1 aliphatic carbocycles. The van der Waals surface area contributed by atoms with Crippen molar-refractivity contribution in [2.75, 3.05) is 25.5 Å². The lowest BCUT2D eigenvalue weighted by Crippen LogP contribution is -2.12. The van der Waals surface area contributed by atoms with Crippen LogP contribution in [0.25, 0.3) is 11.1 Å². The van der Waals surface area contributed by atoms with Crippen molar-refractivity contribution in [2.24, 2.45) is 0 Å². The van der Waals surface area contributed by atoms with E-state index in [1.807, 2.05) is 0 Å². The van der Waals surface area contributed by atoms with Crippen LogP contribution in [0.3, 0.4) is 0 Å². The van der Waals surface area contributed by atoms with E-state index in [0.29, 0.717) is 0 Å². The molecule has 4 rings (SSSR count). The first-order valence-electron chi connectivity index (χ1n) is 9.57. The Labute approximate surface area is 162 Å². The largest absolute Gasteiger partial charge is 0.323 e. The minimum Gasteiger partial charge on any atom is -0.323 e. The zero-order valence-electron chi connectivity index (χ0n) is 16.1. The molecule has 0 aromatic heterocycles. The maximum atomic E-state index is 2.31. The van der Waals surface area contributed by atoms with Gasteiger partial charge in [-0.1, -0.05) is 60.7 Å². The molecule has 27 heavy (non-hydrogen) atoms. The average molecular weight is 354 g/mol. The lowest BCUT2D eigenvalue weighted by Gasteiger charge is -2.23. The molecule has 1 aliphatic heterocycles. The summed E-state index contributed by atoms with van der Waals surface area (Å²) in [6, 6.07) is 13.4. The maximum Gasteiger partial charge on any atom is 0.0526 e. The molecule has 0 radical (unpaired) electrons. The first-order valence-corrected chi connectivity index (χ1v) is 9.57. The number of anilines is 1. The highest BCUT2D eigenvalue weighted by molar-refractivity contribution is 5.84. The summed E-state index contributed by atoms with van der Waals surface area (Å²) in [7, 11) is 4.20. The van der Waals surface area contributed by atoms with Crippen molar-refractivity contribution >= 4 is 5.69 Å². The lowest BCUT2D eigenvalue weighted by atomic mass is 9.98. The fourth-order valence-electron chi connectivity index (χ4n) is 3.84. The Kier molecular flexibility index (Phi) is 5.08. The van der Waals surface area contributed by atoms with Gasteiger partial charge in [0.05, 0.1) is 5.69 Å². The molecular weight excluding hydrogens is 328 g/mol. The number of likely N-dealkylation sites (N-methyl/N-ethyl adjacent to an activating group) is 1. The van der Waals surface area contributed by atoms with E-state index in [1.165, 1.54) is 33.5 Å². The number of hydrogen-bond acceptors (Lipinski definition) is 2. The second-order valence-corrected chi connectivity index (χ2v) is 7.35. The molecule has 0 saturated heterocycles. The van der Waals surface area contributed by atoms with Crippen LogP contribution in [-0.2, 0) is 12.8 Å². The molecule has 0 unspecified atom stereocenters. The average Bonchev–Trinajstić information content (AvgIpc) is 2.84. The zero-order valence-corrected chi connectivity index (χ0v) is 16.1. The summed E-state index contributed by atoms with van der Waals surface area (Å²) in [5.74, 6) is 0. The van der Waals surface area contributed by atoms with E-state index >= 15 is 0 Å². The molecule has 2 aliphatic rings. The van der Waals surface area contributed by atoms with E-state index in [-0.39, 0.29) is 0 Å². The van der Waals surface area contributed by atoms with Crippen molar-refractivity contribution < 1.29 is 0 Å². The van der Waals surface area contributed by atoms with Crippen LogP contribution in [-0.4, -0.2) is 25.5 Å². The van der Waals surface area contributed by atoms with Crippen molar-refractivity contribution in [1.29, 1.82) is 0 Å². The molecule has 0 bridgehead atoms. The standard InChI is InChI=1S/C25H26N2/c1-26(2)16-10-7-11-20-14-15-23-22-13-6-5-12-21(22)19-24(23)25(20)27-17-8-3-4-9-18-27/h3-10,12-15,17-18H,11,16,19H2,1-2H3. The predicted octanol–water partition coefficient (Wildman–Crippen LogP) is 5.32. The first-order chi connectivity index (χ1) is 13.2. The van der Waals surface area contributed by atoms with E-state index in [4.69, 9.17) is 0 Å². The third kappa shape index (κ3) is 3.67. The minimum atomic E-state index is 0.943. The highest BCUT2D eigenvalue weighted by Gasteiger charge is 2.24. The van der Waals surface area contributed by atoms with Crippen molar-refractivity contribution in [3.05, 3.63) is 102 Å². The summed E-state index contributed by atoms with van der Waals surface area (Å²) in [5, 5.41) is 0. The van der Waals surface area contributed by atoms with Gasteiger partial charge >= 0.3 is 0 Å². The molecule has 2 heteroatoms. The highest BCUT2D eigenvalue weighted by Crippen LogP contribution is 2.43. The molecule has 2 aromatic carbocycles. The van der Waals surface area contributed by atoms with Crippen molar-refractivity contribution in [2.45, 2.75) is 12.8 Å². The van der Waals surface area contributed by atoms with Crippen LogP contribution in [0.1, 0.15) is 16.7 Å². The second-order valence-electron chi connectivity index (χ2n) is 7.35. The van der Waals surface area contributed by atoms with Crippen LogP contribution in [0.4, 0.5) is 5.69 Å². The van der Waals surface area contributed by atoms with Gasteiger partial charge in [0.2, 0.25) is 0 Å². The number of benzene rings is 2. The van der Waals surface area contributed by atoms with Gasteiger partial charge in [-0.3, -0.25) is 0 Å². The summed E-state index contributed by atoms with van der Waals surface area (Å²) in [6.07, 6.45) is 19.2. The van der Waals surface area contributed by atoms with Crippen LogP contribution in [0.15, 0.2) is 85.3 Å². The number of rotatable bonds is 5. The summed E-state index contributed by atoms with van der Waals surface area (Å²) in [5.41, 5.74) is 8.31. The van der Waals surface area contributed by atoms with E-state index in [2.05, 4.69) is 109 Å². The Morgan fingerprint density at radius 3 is 2.44 bits per heavy atom. The van der Waals surface area contributed by atoms with E-state index < -0.39 is 0 Å². The van der Waals surface area contributed by atoms with Crippen molar-refractivity contribution in [1.82, 2.24) is 4.90 Å². The van der Waals surface area contributed by atoms with Gasteiger partial charge in [-0.2, -0.15) is 0 Å². The van der Waals surface area contributed by atoms with E-state index in [9.17, 15) is 0 Å². The Morgan fingerprint density at radius 2 is 1.67 bits per heavy atom. The van der Waals surface area contributed by atoms with Crippen LogP contribution in [0.2, 0.25) is 0 Å². The molecule has 136 valence electrons. The molecule has 2 nitrogen and oxygen atoms in total. The van der Waals surface area contributed by atoms with E-state index in [1.54, 1.807) is 0 Å². The topological polar surface area (TPSA) is 6.48 Å². The third-order valence-corrected chi connectivity index (χ3v) is 5.10. The van der Waals surface area contributed by atoms with Gasteiger partial charge in [0.15, 0.2) is 0 Å². The number of fused-ring (bicyclic) bond motifs is 3. The predicted molar refractivity (Wildman–Crippen MR) is 116 cm³/mol. The Bertz CT molecular complexity index is 929. The molecule has 0 amide bonds. The molecule has 2 aromatic rings. The minimum absolute atomic E-state index is 0.943. The molecule has 0 fully saturated rings. The monoisotopic (exact) mass is 354 g/mol. The molecule has 0 N–H and O–H groups in total. The summed E-state index contributed by atoms with van der Waals surface area (Å²) in [4.78, 5) is 4.46. The van der Waals surface area contributed by atoms with Crippen molar-refractivity contribution in [3.63, 3.8) is 0 Å². The number of hydrogen-bond donors (Lipinski definition) is 0. The normalized spacial score (nSPS) is 14.9. The smallest absolute Gasteiger partial charge is 0.0526 e. The summed E-state index contributed by atoms with van der Waals surface area (Å²) >= 11 is 0. The number of allylic oxidation sites excluding steroid dienone is 5. The first kappa shape index (κ1) is 17.6. The molecular formula is C25H26N2. The fraction of sp³-hybridized carbons (Fsp3) is 0.200. The Hall–Kier alpha value is -2.84. The van der Waals surface area contributed by atoms with Crippen LogP contribution in [0, 0.1) is 0 Å². The number of nitrogens with zero attached hydrogens (tertiary/aromatic N) is 2. The van der Waals surface area contributed by atoms with Crippen LogP contribution >= 0.6 is 0 Å². The second kappa shape index (κ2) is 7.81. The van der Waals surface area contributed by atoms with Gasteiger partial charge in [0, 0.05) is 25.4 Å².